The lowest BCUT2D eigenvalue weighted by atomic mass is 9.99. The second-order valence-corrected chi connectivity index (χ2v) is 8.65. The van der Waals surface area contributed by atoms with Crippen LogP contribution in [0.25, 0.3) is 0 Å². The van der Waals surface area contributed by atoms with E-state index < -0.39 is 11.7 Å². The molecule has 1 unspecified atom stereocenters. The Bertz CT molecular complexity index is 1120. The molecule has 1 aliphatic rings. The van der Waals surface area contributed by atoms with Crippen molar-refractivity contribution in [2.75, 3.05) is 23.7 Å². The lowest BCUT2D eigenvalue weighted by Gasteiger charge is -2.31. The number of urea groups is 1. The number of carbonyl (C=O) groups excluding carboxylic acids is 2. The normalized spacial score (nSPS) is 15.9. The topological polar surface area (TPSA) is 87.2 Å². The van der Waals surface area contributed by atoms with Gasteiger partial charge in [-0.2, -0.15) is 0 Å². The number of nitrogens with one attached hydrogen (secondary N) is 2. The van der Waals surface area contributed by atoms with Crippen LogP contribution in [-0.4, -0.2) is 40.1 Å². The fraction of sp³-hybridized carbons (Fsp3) is 0.304. The second kappa shape index (κ2) is 9.86. The molecule has 1 saturated heterocycles. The molecule has 1 aromatic heterocycles. The van der Waals surface area contributed by atoms with Gasteiger partial charge in [0.1, 0.15) is 10.8 Å². The summed E-state index contributed by atoms with van der Waals surface area (Å²) in [6.45, 7) is 3.24. The van der Waals surface area contributed by atoms with Crippen LogP contribution in [0.3, 0.4) is 0 Å². The molecule has 0 radical (unpaired) electrons. The second-order valence-electron chi connectivity index (χ2n) is 7.64. The van der Waals surface area contributed by atoms with Crippen molar-refractivity contribution in [2.24, 2.45) is 0 Å². The van der Waals surface area contributed by atoms with Gasteiger partial charge >= 0.3 is 6.03 Å². The van der Waals surface area contributed by atoms with Crippen LogP contribution in [0.15, 0.2) is 48.5 Å². The number of nitrogens with zero attached hydrogens (tertiary/aromatic N) is 3. The third kappa shape index (κ3) is 5.11. The maximum atomic E-state index is 13.3. The van der Waals surface area contributed by atoms with Crippen molar-refractivity contribution in [3.63, 3.8) is 0 Å². The van der Waals surface area contributed by atoms with Gasteiger partial charge < -0.3 is 15.5 Å². The molecule has 9 heteroatoms. The Labute approximate surface area is 189 Å². The van der Waals surface area contributed by atoms with Crippen LogP contribution in [0.2, 0.25) is 0 Å². The molecule has 1 aliphatic heterocycles. The van der Waals surface area contributed by atoms with E-state index in [2.05, 4.69) is 27.8 Å². The number of para-hydroxylation sites is 1. The molecular weight excluding hydrogens is 429 g/mol. The number of aryl methyl sites for hydroxylation is 1. The number of hydrogen-bond donors (Lipinski definition) is 2. The Morgan fingerprint density at radius 2 is 2.00 bits per heavy atom. The number of aromatic nitrogens is 2. The number of likely N-dealkylation sites (tertiary alicyclic amines) is 1. The molecule has 32 heavy (non-hydrogen) atoms. The molecule has 2 aromatic carbocycles. The fourth-order valence-corrected chi connectivity index (χ4v) is 4.61. The predicted molar refractivity (Wildman–Crippen MR) is 123 cm³/mol. The molecule has 2 heterocycles. The molecule has 3 amide bonds. The lowest BCUT2D eigenvalue weighted by molar-refractivity contribution is 0.102. The minimum absolute atomic E-state index is 0.0177. The van der Waals surface area contributed by atoms with Crippen molar-refractivity contribution in [1.82, 2.24) is 15.1 Å². The van der Waals surface area contributed by atoms with Gasteiger partial charge in [-0.15, -0.1) is 10.2 Å². The fourth-order valence-electron chi connectivity index (χ4n) is 3.75. The molecule has 4 rings (SSSR count). The first kappa shape index (κ1) is 21.9. The van der Waals surface area contributed by atoms with Crippen molar-refractivity contribution in [2.45, 2.75) is 32.1 Å². The van der Waals surface area contributed by atoms with Crippen LogP contribution in [0.4, 0.5) is 20.6 Å². The zero-order chi connectivity index (χ0) is 22.5. The van der Waals surface area contributed by atoms with E-state index in [9.17, 15) is 14.0 Å². The number of anilines is 2. The van der Waals surface area contributed by atoms with Crippen molar-refractivity contribution in [3.8, 4) is 0 Å². The number of hydrogen-bond acceptors (Lipinski definition) is 5. The zero-order valence-electron chi connectivity index (χ0n) is 17.7. The van der Waals surface area contributed by atoms with Gasteiger partial charge in [0.15, 0.2) is 0 Å². The van der Waals surface area contributed by atoms with Crippen LogP contribution in [0.5, 0.6) is 0 Å². The number of benzene rings is 2. The van der Waals surface area contributed by atoms with E-state index in [1.165, 1.54) is 29.5 Å². The largest absolute Gasteiger partial charge is 0.324 e. The summed E-state index contributed by atoms with van der Waals surface area (Å²) in [6, 6.07) is 13.3. The predicted octanol–water partition coefficient (Wildman–Crippen LogP) is 4.90. The number of piperidine rings is 1. The standard InChI is InChI=1S/C23H24FN5O2S/c1-2-15-7-3-4-11-19(15)26-23(31)29-12-6-8-16(14-29)21-27-28-22(32-21)20(30)25-18-10-5-9-17(24)13-18/h3-5,7,9-11,13,16H,2,6,8,12,14H2,1H3,(H,25,30)(H,26,31). The van der Waals surface area contributed by atoms with Gasteiger partial charge in [0, 0.05) is 30.4 Å². The Balaban J connectivity index is 1.40. The summed E-state index contributed by atoms with van der Waals surface area (Å²) in [6.07, 6.45) is 2.55. The number of rotatable bonds is 5. The minimum Gasteiger partial charge on any atom is -0.324 e. The Morgan fingerprint density at radius 3 is 2.81 bits per heavy atom. The van der Waals surface area contributed by atoms with Gasteiger partial charge in [0.2, 0.25) is 5.01 Å². The molecule has 1 atom stereocenters. The van der Waals surface area contributed by atoms with Crippen LogP contribution < -0.4 is 10.6 Å². The third-order valence-electron chi connectivity index (χ3n) is 5.42. The van der Waals surface area contributed by atoms with Crippen LogP contribution >= 0.6 is 11.3 Å². The quantitative estimate of drug-likeness (QED) is 0.575. The number of carbonyl (C=O) groups is 2. The smallest absolute Gasteiger partial charge is 0.321 e. The monoisotopic (exact) mass is 453 g/mol. The summed E-state index contributed by atoms with van der Waals surface area (Å²) < 4.78 is 13.3. The summed E-state index contributed by atoms with van der Waals surface area (Å²) in [5.74, 6) is -0.840. The highest BCUT2D eigenvalue weighted by Gasteiger charge is 2.28. The molecule has 0 bridgehead atoms. The van der Waals surface area contributed by atoms with Crippen molar-refractivity contribution >= 4 is 34.6 Å². The summed E-state index contributed by atoms with van der Waals surface area (Å²) in [7, 11) is 0. The first-order valence-corrected chi connectivity index (χ1v) is 11.4. The summed E-state index contributed by atoms with van der Waals surface area (Å²) in [5, 5.41) is 14.8. The SMILES string of the molecule is CCc1ccccc1NC(=O)N1CCCC(c2nnc(C(=O)Nc3cccc(F)c3)s2)C1. The Hall–Kier alpha value is -3.33. The average Bonchev–Trinajstić information content (AvgIpc) is 3.30. The molecule has 2 N–H and O–H groups in total. The molecule has 166 valence electrons. The van der Waals surface area contributed by atoms with Gasteiger partial charge in [-0.05, 0) is 49.1 Å². The lowest BCUT2D eigenvalue weighted by Crippen LogP contribution is -2.41. The minimum atomic E-state index is -0.430. The molecule has 0 saturated carbocycles. The Morgan fingerprint density at radius 1 is 1.16 bits per heavy atom. The van der Waals surface area contributed by atoms with E-state index in [1.54, 1.807) is 11.0 Å². The first-order valence-electron chi connectivity index (χ1n) is 10.6. The van der Waals surface area contributed by atoms with Crippen LogP contribution in [-0.2, 0) is 6.42 Å². The van der Waals surface area contributed by atoms with Crippen LogP contribution in [0.1, 0.15) is 46.1 Å². The van der Waals surface area contributed by atoms with Crippen molar-refractivity contribution < 1.29 is 14.0 Å². The Kier molecular flexibility index (Phi) is 6.75. The van der Waals surface area contributed by atoms with Gasteiger partial charge in [0.05, 0.1) is 0 Å². The summed E-state index contributed by atoms with van der Waals surface area (Å²) >= 11 is 1.21. The molecule has 7 nitrogen and oxygen atoms in total. The highest BCUT2D eigenvalue weighted by molar-refractivity contribution is 7.13. The van der Waals surface area contributed by atoms with E-state index in [4.69, 9.17) is 0 Å². The van der Waals surface area contributed by atoms with Crippen molar-refractivity contribution in [3.05, 3.63) is 69.9 Å². The van der Waals surface area contributed by atoms with Gasteiger partial charge in [0.25, 0.3) is 5.91 Å². The summed E-state index contributed by atoms with van der Waals surface area (Å²) in [4.78, 5) is 27.1. The highest BCUT2D eigenvalue weighted by atomic mass is 32.1. The molecule has 0 aliphatic carbocycles. The van der Waals surface area contributed by atoms with Gasteiger partial charge in [-0.25, -0.2) is 9.18 Å². The van der Waals surface area contributed by atoms with E-state index in [0.717, 1.165) is 35.5 Å². The molecule has 3 aromatic rings. The molecular formula is C23H24FN5O2S. The van der Waals surface area contributed by atoms with E-state index >= 15 is 0 Å². The van der Waals surface area contributed by atoms with Gasteiger partial charge in [-0.1, -0.05) is 42.5 Å². The number of amides is 3. The van der Waals surface area contributed by atoms with E-state index in [0.29, 0.717) is 18.8 Å². The maximum absolute atomic E-state index is 13.3. The zero-order valence-corrected chi connectivity index (χ0v) is 18.5. The van der Waals surface area contributed by atoms with Crippen LogP contribution in [0, 0.1) is 5.82 Å². The summed E-state index contributed by atoms with van der Waals surface area (Å²) in [5.41, 5.74) is 2.28. The molecule has 0 spiro atoms. The highest BCUT2D eigenvalue weighted by Crippen LogP contribution is 2.30. The molecule has 1 fully saturated rings. The van der Waals surface area contributed by atoms with E-state index in [-0.39, 0.29) is 17.0 Å². The first-order chi connectivity index (χ1) is 15.5. The van der Waals surface area contributed by atoms with E-state index in [1.807, 2.05) is 24.3 Å². The third-order valence-corrected chi connectivity index (χ3v) is 6.50. The number of halogens is 1. The van der Waals surface area contributed by atoms with Gasteiger partial charge in [-0.3, -0.25) is 4.79 Å². The maximum Gasteiger partial charge on any atom is 0.321 e. The van der Waals surface area contributed by atoms with Crippen molar-refractivity contribution in [1.29, 1.82) is 0 Å². The average molecular weight is 454 g/mol.